The zero-order valence-electron chi connectivity index (χ0n) is 12.8. The monoisotopic (exact) mass is 297 g/mol. The molecule has 22 heavy (non-hydrogen) atoms. The number of likely N-dealkylation sites (N-methyl/N-ethyl adjacent to an activating group) is 1. The predicted octanol–water partition coefficient (Wildman–Crippen LogP) is 1.71. The van der Waals surface area contributed by atoms with Gasteiger partial charge in [-0.25, -0.2) is 0 Å². The quantitative estimate of drug-likeness (QED) is 0.791. The fourth-order valence-electron chi connectivity index (χ4n) is 5.23. The smallest absolute Gasteiger partial charge is 0.196 e. The van der Waals surface area contributed by atoms with Crippen molar-refractivity contribution in [2.24, 2.45) is 5.92 Å². The van der Waals surface area contributed by atoms with E-state index in [2.05, 4.69) is 24.1 Å². The van der Waals surface area contributed by atoms with Crippen molar-refractivity contribution in [2.45, 2.75) is 30.4 Å². The summed E-state index contributed by atoms with van der Waals surface area (Å²) in [5, 5.41) is 0. The number of carbonyl (C=O) groups is 1. The molecule has 5 rings (SSSR count). The second kappa shape index (κ2) is 3.93. The van der Waals surface area contributed by atoms with E-state index in [1.807, 2.05) is 6.07 Å². The molecule has 1 fully saturated rings. The average molecular weight is 297 g/mol. The number of methoxy groups -OCH3 is 1. The molecule has 0 radical (unpaired) electrons. The second-order valence-electron chi connectivity index (χ2n) is 6.96. The molecule has 0 saturated carbocycles. The normalized spacial score (nSPS) is 37.7. The number of piperidine rings is 1. The van der Waals surface area contributed by atoms with Crippen molar-refractivity contribution in [1.29, 1.82) is 0 Å². The summed E-state index contributed by atoms with van der Waals surface area (Å²) in [6.07, 6.45) is 5.50. The second-order valence-corrected chi connectivity index (χ2v) is 6.96. The van der Waals surface area contributed by atoms with Gasteiger partial charge in [0.05, 0.1) is 12.5 Å². The van der Waals surface area contributed by atoms with E-state index in [0.717, 1.165) is 30.9 Å². The highest BCUT2D eigenvalue weighted by Crippen LogP contribution is 2.61. The lowest BCUT2D eigenvalue weighted by molar-refractivity contribution is -0.127. The molecular formula is C18H19NO3. The molecule has 114 valence electrons. The van der Waals surface area contributed by atoms with Crippen LogP contribution in [-0.4, -0.2) is 43.5 Å². The molecule has 1 spiro atoms. The molecule has 1 aromatic rings. The van der Waals surface area contributed by atoms with Crippen LogP contribution in [0.5, 0.6) is 11.5 Å². The van der Waals surface area contributed by atoms with Crippen LogP contribution in [-0.2, 0) is 16.6 Å². The number of hydrogen-bond acceptors (Lipinski definition) is 4. The standard InChI is InChI=1S/C18H19NO3/c1-19-8-7-18-11-4-5-13(20)17(18)22-16-14(21-2)6-3-10(15(16)18)9-12(11)19/h3-6,11-12,17H,7-9H2,1-2H3/t11-,12?,17?,18-/m0/s1. The molecule has 1 aromatic carbocycles. The van der Waals surface area contributed by atoms with Gasteiger partial charge in [0.2, 0.25) is 0 Å². The summed E-state index contributed by atoms with van der Waals surface area (Å²) in [6, 6.07) is 4.60. The number of hydrogen-bond donors (Lipinski definition) is 0. The van der Waals surface area contributed by atoms with Crippen LogP contribution in [0.25, 0.3) is 0 Å². The number of ketones is 1. The molecule has 0 aromatic heterocycles. The van der Waals surface area contributed by atoms with Crippen LogP contribution < -0.4 is 9.47 Å². The molecule has 4 nitrogen and oxygen atoms in total. The zero-order chi connectivity index (χ0) is 15.1. The molecule has 2 heterocycles. The summed E-state index contributed by atoms with van der Waals surface area (Å²) in [5.41, 5.74) is 2.40. The Morgan fingerprint density at radius 1 is 1.41 bits per heavy atom. The van der Waals surface area contributed by atoms with Crippen molar-refractivity contribution in [3.63, 3.8) is 0 Å². The van der Waals surface area contributed by atoms with E-state index in [0.29, 0.717) is 12.0 Å². The molecule has 4 heteroatoms. The van der Waals surface area contributed by atoms with Crippen LogP contribution in [0.3, 0.4) is 0 Å². The Balaban J connectivity index is 1.84. The topological polar surface area (TPSA) is 38.8 Å². The van der Waals surface area contributed by atoms with Gasteiger partial charge in [-0.3, -0.25) is 4.79 Å². The van der Waals surface area contributed by atoms with E-state index < -0.39 is 0 Å². The number of ether oxygens (including phenoxy) is 2. The Bertz CT molecular complexity index is 725. The van der Waals surface area contributed by atoms with E-state index in [1.165, 1.54) is 11.1 Å². The Morgan fingerprint density at radius 2 is 2.27 bits per heavy atom. The number of carbonyl (C=O) groups excluding carboxylic acids is 1. The number of rotatable bonds is 1. The minimum atomic E-state index is -0.371. The van der Waals surface area contributed by atoms with Gasteiger partial charge >= 0.3 is 0 Å². The molecule has 0 N–H and O–H groups in total. The van der Waals surface area contributed by atoms with Gasteiger partial charge in [-0.15, -0.1) is 0 Å². The summed E-state index contributed by atoms with van der Waals surface area (Å²) in [7, 11) is 3.86. The third-order valence-corrected chi connectivity index (χ3v) is 6.21. The van der Waals surface area contributed by atoms with Gasteiger partial charge in [0.25, 0.3) is 0 Å². The lowest BCUT2D eigenvalue weighted by atomic mass is 9.53. The van der Waals surface area contributed by atoms with Gasteiger partial charge < -0.3 is 14.4 Å². The first-order valence-electron chi connectivity index (χ1n) is 7.96. The van der Waals surface area contributed by atoms with Gasteiger partial charge in [0.15, 0.2) is 23.4 Å². The predicted molar refractivity (Wildman–Crippen MR) is 81.5 cm³/mol. The fourth-order valence-corrected chi connectivity index (χ4v) is 5.23. The van der Waals surface area contributed by atoms with Crippen LogP contribution in [0.4, 0.5) is 0 Å². The summed E-state index contributed by atoms with van der Waals surface area (Å²) in [6.45, 7) is 1.01. The Morgan fingerprint density at radius 3 is 3.09 bits per heavy atom. The van der Waals surface area contributed by atoms with Gasteiger partial charge in [-0.1, -0.05) is 12.1 Å². The van der Waals surface area contributed by atoms with E-state index in [1.54, 1.807) is 13.2 Å². The van der Waals surface area contributed by atoms with Gasteiger partial charge in [0.1, 0.15) is 0 Å². The number of benzene rings is 1. The van der Waals surface area contributed by atoms with E-state index in [4.69, 9.17) is 9.47 Å². The van der Waals surface area contributed by atoms with Crippen molar-refractivity contribution in [2.75, 3.05) is 20.7 Å². The van der Waals surface area contributed by atoms with Crippen LogP contribution in [0.1, 0.15) is 17.5 Å². The molecule has 4 atom stereocenters. The van der Waals surface area contributed by atoms with Crippen molar-refractivity contribution < 1.29 is 14.3 Å². The van der Waals surface area contributed by atoms with E-state index in [9.17, 15) is 4.79 Å². The molecule has 2 bridgehead atoms. The summed E-state index contributed by atoms with van der Waals surface area (Å²) in [5.74, 6) is 2.03. The summed E-state index contributed by atoms with van der Waals surface area (Å²) < 4.78 is 11.7. The number of likely N-dealkylation sites (tertiary alicyclic amines) is 1. The Labute approximate surface area is 129 Å². The van der Waals surface area contributed by atoms with Crippen LogP contribution in [0.2, 0.25) is 0 Å². The van der Waals surface area contributed by atoms with E-state index in [-0.39, 0.29) is 17.3 Å². The average Bonchev–Trinajstić information content (AvgIpc) is 2.88. The highest BCUT2D eigenvalue weighted by atomic mass is 16.5. The minimum absolute atomic E-state index is 0.102. The lowest BCUT2D eigenvalue weighted by Gasteiger charge is -2.55. The molecule has 4 aliphatic rings. The maximum atomic E-state index is 12.5. The largest absolute Gasteiger partial charge is 0.493 e. The lowest BCUT2D eigenvalue weighted by Crippen LogP contribution is -2.64. The molecule has 2 aliphatic heterocycles. The SMILES string of the molecule is COc1ccc2c3c1OC1C(=O)C=C[C@H]4C(C2)N(C)CC[C@]314. The van der Waals surface area contributed by atoms with Gasteiger partial charge in [0, 0.05) is 17.5 Å². The van der Waals surface area contributed by atoms with Gasteiger partial charge in [-0.05, 0) is 44.1 Å². The molecule has 2 aliphatic carbocycles. The number of nitrogens with zero attached hydrogens (tertiary/aromatic N) is 1. The molecule has 2 unspecified atom stereocenters. The zero-order valence-corrected chi connectivity index (χ0v) is 12.8. The first kappa shape index (κ1) is 12.7. The summed E-state index contributed by atoms with van der Waals surface area (Å²) >= 11 is 0. The maximum Gasteiger partial charge on any atom is 0.196 e. The first-order valence-corrected chi connectivity index (χ1v) is 7.96. The third-order valence-electron chi connectivity index (χ3n) is 6.21. The van der Waals surface area contributed by atoms with E-state index >= 15 is 0 Å². The highest BCUT2D eigenvalue weighted by molar-refractivity contribution is 5.98. The Kier molecular flexibility index (Phi) is 2.27. The van der Waals surface area contributed by atoms with Gasteiger partial charge in [-0.2, -0.15) is 0 Å². The van der Waals surface area contributed by atoms with Crippen molar-refractivity contribution in [1.82, 2.24) is 4.90 Å². The van der Waals surface area contributed by atoms with Crippen LogP contribution in [0, 0.1) is 5.92 Å². The van der Waals surface area contributed by atoms with Crippen LogP contribution in [0.15, 0.2) is 24.3 Å². The molecular weight excluding hydrogens is 278 g/mol. The first-order chi connectivity index (χ1) is 10.7. The van der Waals surface area contributed by atoms with Crippen LogP contribution >= 0.6 is 0 Å². The van der Waals surface area contributed by atoms with Crippen molar-refractivity contribution in [3.8, 4) is 11.5 Å². The maximum absolute atomic E-state index is 12.5. The highest BCUT2D eigenvalue weighted by Gasteiger charge is 2.64. The van der Waals surface area contributed by atoms with Crippen molar-refractivity contribution >= 4 is 5.78 Å². The third kappa shape index (κ3) is 1.23. The summed E-state index contributed by atoms with van der Waals surface area (Å²) in [4.78, 5) is 15.0. The minimum Gasteiger partial charge on any atom is -0.493 e. The Hall–Kier alpha value is -1.81. The van der Waals surface area contributed by atoms with Crippen molar-refractivity contribution in [3.05, 3.63) is 35.4 Å². The fraction of sp³-hybridized carbons (Fsp3) is 0.500. The molecule has 0 amide bonds. The molecule has 1 saturated heterocycles.